The van der Waals surface area contributed by atoms with Gasteiger partial charge in [-0.25, -0.2) is 4.79 Å². The van der Waals surface area contributed by atoms with E-state index >= 15 is 0 Å². The SMILES string of the molecule is CC(C)CC(NC(=O)C(Cl)(Cl)Cl)C(=O)O. The lowest BCUT2D eigenvalue weighted by Gasteiger charge is -2.19. The molecule has 0 aromatic rings. The normalized spacial score (nSPS) is 13.7. The summed E-state index contributed by atoms with van der Waals surface area (Å²) in [4.78, 5) is 21.9. The minimum Gasteiger partial charge on any atom is -0.480 e. The van der Waals surface area contributed by atoms with Gasteiger partial charge in [0.25, 0.3) is 9.70 Å². The van der Waals surface area contributed by atoms with Crippen LogP contribution in [0.15, 0.2) is 0 Å². The van der Waals surface area contributed by atoms with Crippen LogP contribution in [0.25, 0.3) is 0 Å². The molecule has 0 bridgehead atoms. The average Bonchev–Trinajstić information content (AvgIpc) is 1.99. The highest BCUT2D eigenvalue weighted by Gasteiger charge is 2.34. The van der Waals surface area contributed by atoms with Crippen molar-refractivity contribution < 1.29 is 14.7 Å². The van der Waals surface area contributed by atoms with Gasteiger partial charge in [0.15, 0.2) is 0 Å². The van der Waals surface area contributed by atoms with Gasteiger partial charge in [-0.1, -0.05) is 48.7 Å². The number of alkyl halides is 3. The number of hydrogen-bond acceptors (Lipinski definition) is 2. The van der Waals surface area contributed by atoms with E-state index in [4.69, 9.17) is 39.9 Å². The van der Waals surface area contributed by atoms with E-state index in [1.807, 2.05) is 13.8 Å². The van der Waals surface area contributed by atoms with E-state index in [1.165, 1.54) is 0 Å². The summed E-state index contributed by atoms with van der Waals surface area (Å²) in [5, 5.41) is 10.9. The van der Waals surface area contributed by atoms with Crippen LogP contribution in [0, 0.1) is 5.92 Å². The van der Waals surface area contributed by atoms with Gasteiger partial charge >= 0.3 is 5.97 Å². The van der Waals surface area contributed by atoms with Crippen LogP contribution in [0.3, 0.4) is 0 Å². The summed E-state index contributed by atoms with van der Waals surface area (Å²) in [7, 11) is 0. The van der Waals surface area contributed by atoms with Crippen molar-refractivity contribution in [3.05, 3.63) is 0 Å². The molecule has 7 heteroatoms. The zero-order chi connectivity index (χ0) is 12.2. The van der Waals surface area contributed by atoms with Crippen LogP contribution in [0.1, 0.15) is 20.3 Å². The molecule has 0 saturated heterocycles. The summed E-state index contributed by atoms with van der Waals surface area (Å²) in [5.74, 6) is -1.96. The Morgan fingerprint density at radius 1 is 1.33 bits per heavy atom. The molecule has 1 amide bonds. The van der Waals surface area contributed by atoms with Crippen molar-refractivity contribution in [2.45, 2.75) is 30.1 Å². The quantitative estimate of drug-likeness (QED) is 0.772. The highest BCUT2D eigenvalue weighted by atomic mass is 35.6. The summed E-state index contributed by atoms with van der Waals surface area (Å²) in [6, 6.07) is -1.03. The minimum atomic E-state index is -2.13. The van der Waals surface area contributed by atoms with Gasteiger partial charge in [0.1, 0.15) is 6.04 Å². The maximum atomic E-state index is 11.2. The second-order valence-corrected chi connectivity index (χ2v) is 5.77. The highest BCUT2D eigenvalue weighted by molar-refractivity contribution is 6.76. The van der Waals surface area contributed by atoms with Crippen molar-refractivity contribution in [1.29, 1.82) is 0 Å². The van der Waals surface area contributed by atoms with Gasteiger partial charge in [-0.05, 0) is 12.3 Å². The van der Waals surface area contributed by atoms with Gasteiger partial charge < -0.3 is 10.4 Å². The summed E-state index contributed by atoms with van der Waals surface area (Å²) >= 11 is 15.9. The Hall–Kier alpha value is -0.190. The molecule has 0 fully saturated rings. The van der Waals surface area contributed by atoms with Crippen LogP contribution in [-0.4, -0.2) is 26.8 Å². The molecule has 0 aromatic carbocycles. The Bertz CT molecular complexity index is 250. The number of carboxylic acid groups (broad SMARTS) is 1. The van der Waals surface area contributed by atoms with E-state index < -0.39 is 21.7 Å². The van der Waals surface area contributed by atoms with E-state index in [-0.39, 0.29) is 12.3 Å². The molecule has 4 nitrogen and oxygen atoms in total. The Morgan fingerprint density at radius 3 is 2.07 bits per heavy atom. The molecule has 0 saturated carbocycles. The molecular weight excluding hydrogens is 264 g/mol. The maximum Gasteiger partial charge on any atom is 0.326 e. The molecule has 1 atom stereocenters. The lowest BCUT2D eigenvalue weighted by atomic mass is 10.0. The average molecular weight is 277 g/mol. The first kappa shape index (κ1) is 14.8. The first-order chi connectivity index (χ1) is 6.64. The summed E-state index contributed by atoms with van der Waals surface area (Å²) in [6.07, 6.45) is 0.280. The zero-order valence-electron chi connectivity index (χ0n) is 8.26. The topological polar surface area (TPSA) is 66.4 Å². The second-order valence-electron chi connectivity index (χ2n) is 3.49. The monoisotopic (exact) mass is 275 g/mol. The molecule has 88 valence electrons. The number of nitrogens with one attached hydrogen (secondary N) is 1. The summed E-state index contributed by atoms with van der Waals surface area (Å²) in [5.41, 5.74) is 0. The van der Waals surface area contributed by atoms with Crippen molar-refractivity contribution in [3.8, 4) is 0 Å². The number of rotatable bonds is 4. The maximum absolute atomic E-state index is 11.2. The van der Waals surface area contributed by atoms with Gasteiger partial charge in [0.05, 0.1) is 0 Å². The first-order valence-electron chi connectivity index (χ1n) is 4.25. The van der Waals surface area contributed by atoms with E-state index in [0.29, 0.717) is 0 Å². The fraction of sp³-hybridized carbons (Fsp3) is 0.750. The van der Waals surface area contributed by atoms with Crippen molar-refractivity contribution in [3.63, 3.8) is 0 Å². The van der Waals surface area contributed by atoms with Gasteiger partial charge in [0.2, 0.25) is 0 Å². The Morgan fingerprint density at radius 2 is 1.80 bits per heavy atom. The molecular formula is C8H12Cl3NO3. The lowest BCUT2D eigenvalue weighted by molar-refractivity contribution is -0.142. The third-order valence-electron chi connectivity index (χ3n) is 1.57. The second kappa shape index (κ2) is 5.77. The van der Waals surface area contributed by atoms with Gasteiger partial charge in [-0.3, -0.25) is 4.79 Å². The fourth-order valence-electron chi connectivity index (χ4n) is 0.933. The number of aliphatic carboxylic acids is 1. The van der Waals surface area contributed by atoms with E-state index in [9.17, 15) is 9.59 Å². The lowest BCUT2D eigenvalue weighted by Crippen LogP contribution is -2.46. The Kier molecular flexibility index (Phi) is 5.70. The van der Waals surface area contributed by atoms with E-state index in [0.717, 1.165) is 0 Å². The molecule has 15 heavy (non-hydrogen) atoms. The van der Waals surface area contributed by atoms with Gasteiger partial charge in [0, 0.05) is 0 Å². The molecule has 0 aliphatic rings. The Labute approximate surface area is 103 Å². The predicted octanol–water partition coefficient (Wildman–Crippen LogP) is 1.97. The van der Waals surface area contributed by atoms with Crippen molar-refractivity contribution >= 4 is 46.7 Å². The molecule has 2 N–H and O–H groups in total. The van der Waals surface area contributed by atoms with Crippen LogP contribution in [0.4, 0.5) is 0 Å². The third kappa shape index (κ3) is 6.07. The molecule has 0 aromatic heterocycles. The third-order valence-corrected chi connectivity index (χ3v) is 2.08. The van der Waals surface area contributed by atoms with E-state index in [2.05, 4.69) is 5.32 Å². The first-order valence-corrected chi connectivity index (χ1v) is 5.38. The van der Waals surface area contributed by atoms with Crippen LogP contribution >= 0.6 is 34.8 Å². The number of carbonyl (C=O) groups excluding carboxylic acids is 1. The minimum absolute atomic E-state index is 0.113. The molecule has 0 spiro atoms. The predicted molar refractivity (Wildman–Crippen MR) is 59.3 cm³/mol. The Balaban J connectivity index is 4.43. The van der Waals surface area contributed by atoms with Crippen molar-refractivity contribution in [2.24, 2.45) is 5.92 Å². The van der Waals surface area contributed by atoms with Crippen molar-refractivity contribution in [2.75, 3.05) is 0 Å². The smallest absolute Gasteiger partial charge is 0.326 e. The van der Waals surface area contributed by atoms with Crippen LogP contribution in [0.2, 0.25) is 0 Å². The van der Waals surface area contributed by atoms with E-state index in [1.54, 1.807) is 0 Å². The number of amides is 1. The summed E-state index contributed by atoms with van der Waals surface area (Å²) in [6.45, 7) is 3.66. The number of halogens is 3. The van der Waals surface area contributed by atoms with Crippen molar-refractivity contribution in [1.82, 2.24) is 5.32 Å². The molecule has 0 aliphatic heterocycles. The van der Waals surface area contributed by atoms with Crippen LogP contribution in [-0.2, 0) is 9.59 Å². The molecule has 0 radical (unpaired) electrons. The number of hydrogen-bond donors (Lipinski definition) is 2. The largest absolute Gasteiger partial charge is 0.480 e. The van der Waals surface area contributed by atoms with Crippen LogP contribution in [0.5, 0.6) is 0 Å². The zero-order valence-corrected chi connectivity index (χ0v) is 10.5. The van der Waals surface area contributed by atoms with Crippen LogP contribution < -0.4 is 5.32 Å². The van der Waals surface area contributed by atoms with Gasteiger partial charge in [-0.2, -0.15) is 0 Å². The highest BCUT2D eigenvalue weighted by Crippen LogP contribution is 2.26. The summed E-state index contributed by atoms with van der Waals surface area (Å²) < 4.78 is -2.13. The number of carbonyl (C=O) groups is 2. The number of carboxylic acids is 1. The molecule has 0 rings (SSSR count). The fourth-order valence-corrected chi connectivity index (χ4v) is 1.10. The standard InChI is InChI=1S/C8H12Cl3NO3/c1-4(2)3-5(6(13)14)12-7(15)8(9,10)11/h4-5H,3H2,1-2H3,(H,12,15)(H,13,14). The molecule has 0 heterocycles. The molecule has 0 aliphatic carbocycles. The molecule has 1 unspecified atom stereocenters. The van der Waals surface area contributed by atoms with Gasteiger partial charge in [-0.15, -0.1) is 0 Å².